The minimum absolute atomic E-state index is 0.793. The lowest BCUT2D eigenvalue weighted by atomic mass is 10.3. The van der Waals surface area contributed by atoms with Gasteiger partial charge < -0.3 is 19.5 Å². The van der Waals surface area contributed by atoms with Crippen LogP contribution in [0.2, 0.25) is 0 Å². The van der Waals surface area contributed by atoms with Crippen molar-refractivity contribution in [1.29, 1.82) is 0 Å². The topological polar surface area (TPSA) is 45.6 Å². The van der Waals surface area contributed by atoms with Crippen molar-refractivity contribution in [3.8, 4) is 0 Å². The molecule has 0 amide bonds. The lowest BCUT2D eigenvalue weighted by Crippen LogP contribution is -2.46. The van der Waals surface area contributed by atoms with Crippen molar-refractivity contribution in [3.63, 3.8) is 0 Å². The Morgan fingerprint density at radius 3 is 2.81 bits per heavy atom. The van der Waals surface area contributed by atoms with Crippen LogP contribution in [0, 0.1) is 6.92 Å². The smallest absolute Gasteiger partial charge is 0.205 e. The second-order valence-electron chi connectivity index (χ2n) is 5.74. The second-order valence-corrected chi connectivity index (χ2v) is 5.74. The van der Waals surface area contributed by atoms with E-state index in [2.05, 4.69) is 44.8 Å². The Morgan fingerprint density at radius 1 is 1.33 bits per heavy atom. The molecule has 0 bridgehead atoms. The SMILES string of the molecule is COCCCn1cc(C)nc1N(C)CCN1CCNCC1. The third-order valence-corrected chi connectivity index (χ3v) is 3.93. The monoisotopic (exact) mass is 295 g/mol. The number of hydrogen-bond acceptors (Lipinski definition) is 5. The predicted molar refractivity (Wildman–Crippen MR) is 86.0 cm³/mol. The number of imidazole rings is 1. The van der Waals surface area contributed by atoms with E-state index in [1.54, 1.807) is 7.11 Å². The Morgan fingerprint density at radius 2 is 2.10 bits per heavy atom. The molecule has 2 rings (SSSR count). The van der Waals surface area contributed by atoms with Gasteiger partial charge in [-0.3, -0.25) is 4.90 Å². The van der Waals surface area contributed by atoms with E-state index in [4.69, 9.17) is 4.74 Å². The average Bonchev–Trinajstić information content (AvgIpc) is 2.87. The van der Waals surface area contributed by atoms with E-state index in [9.17, 15) is 0 Å². The zero-order chi connectivity index (χ0) is 15.1. The maximum atomic E-state index is 5.14. The lowest BCUT2D eigenvalue weighted by Gasteiger charge is -2.29. The normalized spacial score (nSPS) is 16.3. The van der Waals surface area contributed by atoms with Crippen molar-refractivity contribution in [3.05, 3.63) is 11.9 Å². The Balaban J connectivity index is 1.86. The molecule has 1 N–H and O–H groups in total. The summed E-state index contributed by atoms with van der Waals surface area (Å²) in [6.07, 6.45) is 3.15. The van der Waals surface area contributed by atoms with Gasteiger partial charge in [0.1, 0.15) is 0 Å². The first-order chi connectivity index (χ1) is 10.2. The zero-order valence-electron chi connectivity index (χ0n) is 13.6. The van der Waals surface area contributed by atoms with E-state index >= 15 is 0 Å². The highest BCUT2D eigenvalue weighted by Gasteiger charge is 2.13. The molecule has 120 valence electrons. The van der Waals surface area contributed by atoms with Crippen LogP contribution in [-0.2, 0) is 11.3 Å². The first-order valence-corrected chi connectivity index (χ1v) is 7.87. The average molecular weight is 295 g/mol. The van der Waals surface area contributed by atoms with Crippen LogP contribution in [-0.4, -0.2) is 74.5 Å². The van der Waals surface area contributed by atoms with Gasteiger partial charge in [-0.25, -0.2) is 4.98 Å². The van der Waals surface area contributed by atoms with Gasteiger partial charge in [0.2, 0.25) is 5.95 Å². The van der Waals surface area contributed by atoms with Crippen molar-refractivity contribution < 1.29 is 4.74 Å². The number of methoxy groups -OCH3 is 1. The van der Waals surface area contributed by atoms with E-state index in [0.29, 0.717) is 0 Å². The van der Waals surface area contributed by atoms with Gasteiger partial charge in [-0.2, -0.15) is 0 Å². The quantitative estimate of drug-likeness (QED) is 0.711. The molecule has 1 aliphatic rings. The van der Waals surface area contributed by atoms with Crippen LogP contribution >= 0.6 is 0 Å². The number of rotatable bonds is 8. The number of nitrogens with one attached hydrogen (secondary N) is 1. The van der Waals surface area contributed by atoms with E-state index in [-0.39, 0.29) is 0 Å². The number of ether oxygens (including phenoxy) is 1. The molecule has 6 heteroatoms. The van der Waals surface area contributed by atoms with E-state index < -0.39 is 0 Å². The van der Waals surface area contributed by atoms with Crippen LogP contribution in [0.1, 0.15) is 12.1 Å². The first kappa shape index (κ1) is 16.3. The minimum Gasteiger partial charge on any atom is -0.385 e. The predicted octanol–water partition coefficient (Wildman–Crippen LogP) is 0.569. The molecule has 21 heavy (non-hydrogen) atoms. The number of likely N-dealkylation sites (N-methyl/N-ethyl adjacent to an activating group) is 1. The molecule has 0 aromatic carbocycles. The largest absolute Gasteiger partial charge is 0.385 e. The second kappa shape index (κ2) is 8.36. The standard InChI is InChI=1S/C15H29N5O/c1-14-13-20(7-4-12-21-3)15(17-14)18(2)10-11-19-8-5-16-6-9-19/h13,16H,4-12H2,1-3H3. The summed E-state index contributed by atoms with van der Waals surface area (Å²) in [7, 11) is 3.89. The summed E-state index contributed by atoms with van der Waals surface area (Å²) < 4.78 is 7.38. The number of anilines is 1. The Labute approximate surface area is 128 Å². The van der Waals surface area contributed by atoms with Crippen LogP contribution in [0.3, 0.4) is 0 Å². The highest BCUT2D eigenvalue weighted by Crippen LogP contribution is 2.13. The lowest BCUT2D eigenvalue weighted by molar-refractivity contribution is 0.190. The van der Waals surface area contributed by atoms with Crippen LogP contribution in [0.25, 0.3) is 0 Å². The zero-order valence-corrected chi connectivity index (χ0v) is 13.6. The third-order valence-electron chi connectivity index (χ3n) is 3.93. The highest BCUT2D eigenvalue weighted by molar-refractivity contribution is 5.32. The summed E-state index contributed by atoms with van der Waals surface area (Å²) in [5, 5.41) is 3.39. The summed E-state index contributed by atoms with van der Waals surface area (Å²) in [6, 6.07) is 0. The summed E-state index contributed by atoms with van der Waals surface area (Å²) in [6.45, 7) is 10.4. The molecule has 6 nitrogen and oxygen atoms in total. The number of aryl methyl sites for hydroxylation is 2. The fourth-order valence-corrected chi connectivity index (χ4v) is 2.71. The fourth-order valence-electron chi connectivity index (χ4n) is 2.71. The van der Waals surface area contributed by atoms with E-state index in [1.165, 1.54) is 0 Å². The number of nitrogens with zero attached hydrogens (tertiary/aromatic N) is 4. The van der Waals surface area contributed by atoms with Gasteiger partial charge in [0.15, 0.2) is 0 Å². The maximum absolute atomic E-state index is 5.14. The van der Waals surface area contributed by atoms with Gasteiger partial charge in [0, 0.05) is 72.8 Å². The van der Waals surface area contributed by atoms with Crippen molar-refractivity contribution in [2.45, 2.75) is 19.9 Å². The summed E-state index contributed by atoms with van der Waals surface area (Å²) >= 11 is 0. The molecular formula is C15H29N5O. The number of aromatic nitrogens is 2. The van der Waals surface area contributed by atoms with Gasteiger partial charge in [-0.05, 0) is 13.3 Å². The van der Waals surface area contributed by atoms with Gasteiger partial charge >= 0.3 is 0 Å². The molecule has 1 aromatic heterocycles. The van der Waals surface area contributed by atoms with Crippen LogP contribution in [0.4, 0.5) is 5.95 Å². The molecule has 1 saturated heterocycles. The number of piperazine rings is 1. The van der Waals surface area contributed by atoms with Crippen molar-refractivity contribution in [2.24, 2.45) is 0 Å². The summed E-state index contributed by atoms with van der Waals surface area (Å²) in [5.41, 5.74) is 1.08. The van der Waals surface area contributed by atoms with Gasteiger partial charge in [-0.15, -0.1) is 0 Å². The molecular weight excluding hydrogens is 266 g/mol. The summed E-state index contributed by atoms with van der Waals surface area (Å²) in [5.74, 6) is 1.07. The van der Waals surface area contributed by atoms with Crippen LogP contribution in [0.15, 0.2) is 6.20 Å². The van der Waals surface area contributed by atoms with Crippen molar-refractivity contribution >= 4 is 5.95 Å². The van der Waals surface area contributed by atoms with Crippen LogP contribution < -0.4 is 10.2 Å². The maximum Gasteiger partial charge on any atom is 0.205 e. The molecule has 0 radical (unpaired) electrons. The van der Waals surface area contributed by atoms with Gasteiger partial charge in [-0.1, -0.05) is 0 Å². The molecule has 0 spiro atoms. The first-order valence-electron chi connectivity index (χ1n) is 7.87. The number of hydrogen-bond donors (Lipinski definition) is 1. The van der Waals surface area contributed by atoms with Gasteiger partial charge in [0.05, 0.1) is 5.69 Å². The van der Waals surface area contributed by atoms with E-state index in [1.807, 2.05) is 0 Å². The Bertz CT molecular complexity index is 414. The van der Waals surface area contributed by atoms with Crippen molar-refractivity contribution in [2.75, 3.05) is 64.9 Å². The van der Waals surface area contributed by atoms with Crippen molar-refractivity contribution in [1.82, 2.24) is 19.8 Å². The molecule has 2 heterocycles. The molecule has 1 aromatic rings. The Kier molecular flexibility index (Phi) is 6.48. The molecule has 0 atom stereocenters. The molecule has 1 fully saturated rings. The highest BCUT2D eigenvalue weighted by atomic mass is 16.5. The molecule has 0 unspecified atom stereocenters. The molecule has 0 aliphatic carbocycles. The molecule has 1 aliphatic heterocycles. The van der Waals surface area contributed by atoms with Gasteiger partial charge in [0.25, 0.3) is 0 Å². The Hall–Kier alpha value is -1.11. The fraction of sp³-hybridized carbons (Fsp3) is 0.800. The third kappa shape index (κ3) is 4.98. The van der Waals surface area contributed by atoms with Crippen LogP contribution in [0.5, 0.6) is 0 Å². The minimum atomic E-state index is 0.793. The molecule has 0 saturated carbocycles. The van der Waals surface area contributed by atoms with E-state index in [0.717, 1.165) is 70.5 Å². The summed E-state index contributed by atoms with van der Waals surface area (Å²) in [4.78, 5) is 9.45.